The smallest absolute Gasteiger partial charge is 0.244 e. The van der Waals surface area contributed by atoms with Crippen molar-refractivity contribution < 1.29 is 13.2 Å². The molecule has 22 heavy (non-hydrogen) atoms. The lowest BCUT2D eigenvalue weighted by Gasteiger charge is -2.35. The molecule has 5 nitrogen and oxygen atoms in total. The van der Waals surface area contributed by atoms with Crippen LogP contribution in [0, 0.1) is 0 Å². The lowest BCUT2D eigenvalue weighted by Crippen LogP contribution is -2.50. The number of sulfonamides is 1. The van der Waals surface area contributed by atoms with E-state index in [0.717, 1.165) is 39.1 Å². The Kier molecular flexibility index (Phi) is 5.19. The van der Waals surface area contributed by atoms with Gasteiger partial charge in [-0.2, -0.15) is 4.31 Å². The Bertz CT molecular complexity index is 609. The number of piperazine rings is 1. The zero-order valence-electron chi connectivity index (χ0n) is 12.4. The summed E-state index contributed by atoms with van der Waals surface area (Å²) in [5, 5.41) is 0. The summed E-state index contributed by atoms with van der Waals surface area (Å²) < 4.78 is 33.3. The molecule has 1 aromatic rings. The van der Waals surface area contributed by atoms with Crippen LogP contribution in [0.25, 0.3) is 0 Å². The van der Waals surface area contributed by atoms with E-state index in [1.54, 1.807) is 22.5 Å². The molecule has 0 aromatic heterocycles. The second-order valence-electron chi connectivity index (χ2n) is 5.77. The molecule has 2 heterocycles. The lowest BCUT2D eigenvalue weighted by atomic mass is 10.2. The average molecular weight is 389 g/mol. The molecule has 0 bridgehead atoms. The minimum atomic E-state index is -3.41. The maximum absolute atomic E-state index is 12.7. The van der Waals surface area contributed by atoms with Crippen molar-refractivity contribution in [2.45, 2.75) is 23.8 Å². The van der Waals surface area contributed by atoms with Crippen LogP contribution in [0.5, 0.6) is 0 Å². The summed E-state index contributed by atoms with van der Waals surface area (Å²) in [7, 11) is -3.41. The van der Waals surface area contributed by atoms with Crippen LogP contribution < -0.4 is 0 Å². The Morgan fingerprint density at radius 3 is 2.55 bits per heavy atom. The summed E-state index contributed by atoms with van der Waals surface area (Å²) in [5.74, 6) is 0. The van der Waals surface area contributed by atoms with Gasteiger partial charge in [0, 0.05) is 43.8 Å². The normalized spacial score (nSPS) is 24.7. The molecule has 3 rings (SSSR count). The van der Waals surface area contributed by atoms with Gasteiger partial charge in [-0.15, -0.1) is 0 Å². The van der Waals surface area contributed by atoms with E-state index in [4.69, 9.17) is 4.74 Å². The zero-order valence-corrected chi connectivity index (χ0v) is 14.9. The molecule has 2 aliphatic heterocycles. The minimum absolute atomic E-state index is 0.325. The van der Waals surface area contributed by atoms with E-state index in [1.165, 1.54) is 0 Å². The van der Waals surface area contributed by atoms with Crippen molar-refractivity contribution >= 4 is 26.0 Å². The van der Waals surface area contributed by atoms with Gasteiger partial charge in [0.2, 0.25) is 10.0 Å². The molecule has 0 radical (unpaired) electrons. The van der Waals surface area contributed by atoms with Gasteiger partial charge in [0.1, 0.15) is 0 Å². The van der Waals surface area contributed by atoms with Crippen LogP contribution in [0.1, 0.15) is 12.8 Å². The number of nitrogens with zero attached hydrogens (tertiary/aromatic N) is 2. The van der Waals surface area contributed by atoms with Gasteiger partial charge in [0.15, 0.2) is 0 Å². The van der Waals surface area contributed by atoms with Gasteiger partial charge in [0.25, 0.3) is 0 Å². The molecule has 0 N–H and O–H groups in total. The highest BCUT2D eigenvalue weighted by molar-refractivity contribution is 9.10. The molecule has 7 heteroatoms. The second-order valence-corrected chi connectivity index (χ2v) is 8.53. The molecular formula is C15H21BrN2O3S. The Morgan fingerprint density at radius 1 is 1.18 bits per heavy atom. The van der Waals surface area contributed by atoms with Gasteiger partial charge in [0.05, 0.1) is 11.0 Å². The molecule has 0 saturated carbocycles. The largest absolute Gasteiger partial charge is 0.377 e. The molecule has 122 valence electrons. The predicted octanol–water partition coefficient (Wildman–Crippen LogP) is 1.93. The minimum Gasteiger partial charge on any atom is -0.377 e. The highest BCUT2D eigenvalue weighted by atomic mass is 79.9. The van der Waals surface area contributed by atoms with Crippen LogP contribution in [0.4, 0.5) is 0 Å². The number of rotatable bonds is 4. The molecule has 1 aromatic carbocycles. The maximum atomic E-state index is 12.7. The van der Waals surface area contributed by atoms with Crippen LogP contribution in [-0.2, 0) is 14.8 Å². The van der Waals surface area contributed by atoms with Crippen molar-refractivity contribution in [3.8, 4) is 0 Å². The number of halogens is 1. The quantitative estimate of drug-likeness (QED) is 0.790. The molecular weight excluding hydrogens is 368 g/mol. The van der Waals surface area contributed by atoms with Gasteiger partial charge < -0.3 is 4.74 Å². The fourth-order valence-corrected chi connectivity index (χ4v) is 5.41. The van der Waals surface area contributed by atoms with E-state index in [-0.39, 0.29) is 0 Å². The Labute approximate surface area is 140 Å². The van der Waals surface area contributed by atoms with Gasteiger partial charge in [-0.3, -0.25) is 4.90 Å². The molecule has 0 aliphatic carbocycles. The average Bonchev–Trinajstić information content (AvgIpc) is 3.01. The predicted molar refractivity (Wildman–Crippen MR) is 88.3 cm³/mol. The first kappa shape index (κ1) is 16.4. The van der Waals surface area contributed by atoms with E-state index in [1.807, 2.05) is 6.07 Å². The van der Waals surface area contributed by atoms with Crippen molar-refractivity contribution in [2.75, 3.05) is 39.3 Å². The molecule has 2 fully saturated rings. The summed E-state index contributed by atoms with van der Waals surface area (Å²) >= 11 is 3.34. The van der Waals surface area contributed by atoms with E-state index in [9.17, 15) is 8.42 Å². The first-order valence-electron chi connectivity index (χ1n) is 7.66. The first-order valence-corrected chi connectivity index (χ1v) is 9.89. The summed E-state index contributed by atoms with van der Waals surface area (Å²) in [4.78, 5) is 2.66. The monoisotopic (exact) mass is 388 g/mol. The third-order valence-corrected chi connectivity index (χ3v) is 7.18. The highest BCUT2D eigenvalue weighted by Crippen LogP contribution is 2.25. The molecule has 0 unspecified atom stereocenters. The van der Waals surface area contributed by atoms with E-state index >= 15 is 0 Å². The van der Waals surface area contributed by atoms with Gasteiger partial charge >= 0.3 is 0 Å². The van der Waals surface area contributed by atoms with E-state index < -0.39 is 10.0 Å². The number of benzene rings is 1. The van der Waals surface area contributed by atoms with Crippen molar-refractivity contribution in [3.05, 3.63) is 28.7 Å². The molecule has 1 atom stereocenters. The zero-order chi connectivity index (χ0) is 15.6. The van der Waals surface area contributed by atoms with Crippen LogP contribution in [0.2, 0.25) is 0 Å². The molecule has 2 saturated heterocycles. The number of hydrogen-bond acceptors (Lipinski definition) is 4. The summed E-state index contributed by atoms with van der Waals surface area (Å²) in [6.45, 7) is 4.39. The van der Waals surface area contributed by atoms with Crippen LogP contribution in [0.3, 0.4) is 0 Å². The Morgan fingerprint density at radius 2 is 1.91 bits per heavy atom. The topological polar surface area (TPSA) is 49.9 Å². The summed E-state index contributed by atoms with van der Waals surface area (Å²) in [6.07, 6.45) is 2.59. The first-order chi connectivity index (χ1) is 10.6. The third-order valence-electron chi connectivity index (χ3n) is 4.27. The van der Waals surface area contributed by atoms with Crippen LogP contribution in [-0.4, -0.2) is 63.1 Å². The van der Waals surface area contributed by atoms with Crippen molar-refractivity contribution in [2.24, 2.45) is 0 Å². The molecule has 0 spiro atoms. The number of hydrogen-bond donors (Lipinski definition) is 0. The maximum Gasteiger partial charge on any atom is 0.244 e. The lowest BCUT2D eigenvalue weighted by molar-refractivity contribution is 0.0617. The highest BCUT2D eigenvalue weighted by Gasteiger charge is 2.30. The van der Waals surface area contributed by atoms with E-state index in [0.29, 0.717) is 28.6 Å². The standard InChI is InChI=1S/C15H21BrN2O3S/c16-14-5-1-2-6-15(14)22(19,20)18-9-7-17(8-10-18)12-13-4-3-11-21-13/h1-2,5-6,13H,3-4,7-12H2/t13-/m0/s1. The van der Waals surface area contributed by atoms with E-state index in [2.05, 4.69) is 20.8 Å². The molecule has 0 amide bonds. The fraction of sp³-hybridized carbons (Fsp3) is 0.600. The summed E-state index contributed by atoms with van der Waals surface area (Å²) in [6, 6.07) is 6.99. The van der Waals surface area contributed by atoms with Crippen LogP contribution in [0.15, 0.2) is 33.6 Å². The fourth-order valence-electron chi connectivity index (χ4n) is 3.02. The van der Waals surface area contributed by atoms with Crippen molar-refractivity contribution in [3.63, 3.8) is 0 Å². The number of ether oxygens (including phenoxy) is 1. The van der Waals surface area contributed by atoms with Crippen LogP contribution >= 0.6 is 15.9 Å². The Balaban J connectivity index is 1.62. The SMILES string of the molecule is O=S(=O)(c1ccccc1Br)N1CCN(C[C@@H]2CCCO2)CC1. The van der Waals surface area contributed by atoms with Gasteiger partial charge in [-0.25, -0.2) is 8.42 Å². The summed E-state index contributed by atoms with van der Waals surface area (Å²) in [5.41, 5.74) is 0. The van der Waals surface area contributed by atoms with Crippen molar-refractivity contribution in [1.82, 2.24) is 9.21 Å². The van der Waals surface area contributed by atoms with Gasteiger partial charge in [-0.1, -0.05) is 12.1 Å². The second kappa shape index (κ2) is 6.97. The Hall–Kier alpha value is -0.470. The van der Waals surface area contributed by atoms with Gasteiger partial charge in [-0.05, 0) is 40.9 Å². The third kappa shape index (κ3) is 3.54. The molecule has 2 aliphatic rings. The van der Waals surface area contributed by atoms with Crippen molar-refractivity contribution in [1.29, 1.82) is 0 Å².